The molecule has 0 aliphatic heterocycles. The predicted molar refractivity (Wildman–Crippen MR) is 258 cm³/mol. The SMILES string of the molecule is CC(C)CCCCCCCCCCCCCC(C(=O)O)C(O)(C(=O)O)C(CCCCCCCCCCCCCC(C)C)(CCCCCCCCCCCCCC(C)C)C(=O)O. The molecule has 61 heavy (non-hydrogen) atoms. The molecule has 0 aromatic carbocycles. The first-order chi connectivity index (χ1) is 29.2. The van der Waals surface area contributed by atoms with Crippen molar-refractivity contribution in [1.82, 2.24) is 0 Å². The summed E-state index contributed by atoms with van der Waals surface area (Å²) in [7, 11) is 0. The Morgan fingerprint density at radius 3 is 0.738 bits per heavy atom. The van der Waals surface area contributed by atoms with E-state index in [0.717, 1.165) is 94.8 Å². The Bertz CT molecular complexity index is 1000. The first-order valence-electron chi connectivity index (χ1n) is 26.6. The lowest BCUT2D eigenvalue weighted by molar-refractivity contribution is -0.207. The van der Waals surface area contributed by atoms with Crippen LogP contribution in [0.4, 0.5) is 0 Å². The smallest absolute Gasteiger partial charge is 0.337 e. The molecule has 0 spiro atoms. The zero-order valence-corrected chi connectivity index (χ0v) is 41.4. The normalized spacial score (nSPS) is 13.7. The molecule has 4 N–H and O–H groups in total. The van der Waals surface area contributed by atoms with Crippen molar-refractivity contribution >= 4 is 17.9 Å². The zero-order valence-electron chi connectivity index (χ0n) is 41.4. The Hall–Kier alpha value is -1.63. The minimum absolute atomic E-state index is 0.0276. The number of aliphatic carboxylic acids is 3. The number of aliphatic hydroxyl groups is 1. The van der Waals surface area contributed by atoms with Gasteiger partial charge in [0.05, 0.1) is 5.92 Å². The largest absolute Gasteiger partial charge is 0.481 e. The van der Waals surface area contributed by atoms with Gasteiger partial charge < -0.3 is 20.4 Å². The Balaban J connectivity index is 5.32. The van der Waals surface area contributed by atoms with Crippen molar-refractivity contribution in [3.05, 3.63) is 0 Å². The maximum Gasteiger partial charge on any atom is 0.337 e. The summed E-state index contributed by atoms with van der Waals surface area (Å²) in [5, 5.41) is 44.4. The molecule has 7 nitrogen and oxygen atoms in total. The summed E-state index contributed by atoms with van der Waals surface area (Å²) in [6.07, 6.45) is 39.6. The fourth-order valence-electron chi connectivity index (χ4n) is 9.71. The molecule has 0 aliphatic carbocycles. The van der Waals surface area contributed by atoms with Crippen LogP contribution in [0.5, 0.6) is 0 Å². The van der Waals surface area contributed by atoms with Gasteiger partial charge in [-0.3, -0.25) is 9.59 Å². The van der Waals surface area contributed by atoms with Crippen LogP contribution < -0.4 is 0 Å². The second kappa shape index (κ2) is 38.8. The number of hydrogen-bond acceptors (Lipinski definition) is 4. The lowest BCUT2D eigenvalue weighted by atomic mass is 9.59. The maximum atomic E-state index is 13.4. The van der Waals surface area contributed by atoms with E-state index in [0.29, 0.717) is 19.3 Å². The highest BCUT2D eigenvalue weighted by Gasteiger charge is 2.65. The number of rotatable bonds is 47. The van der Waals surface area contributed by atoms with Crippen LogP contribution in [0.3, 0.4) is 0 Å². The first kappa shape index (κ1) is 59.4. The standard InChI is InChI=1S/C54H104O7/c1-46(2)40-34-28-22-16-10-7-13-19-25-31-37-43-49(50(55)56)54(61,52(59)60)53(51(57)58,44-38-32-26-20-14-8-11-17-23-29-35-41-47(3)4)45-39-33-27-21-15-9-12-18-24-30-36-42-48(5)6/h46-49,61H,7-45H2,1-6H3,(H,55,56)(H,57,58)(H,59,60). The lowest BCUT2D eigenvalue weighted by Crippen LogP contribution is -2.64. The number of carbonyl (C=O) groups is 3. The van der Waals surface area contributed by atoms with Crippen molar-refractivity contribution in [3.63, 3.8) is 0 Å². The molecule has 0 amide bonds. The van der Waals surface area contributed by atoms with Gasteiger partial charge in [-0.25, -0.2) is 4.79 Å². The van der Waals surface area contributed by atoms with Gasteiger partial charge in [0.1, 0.15) is 5.41 Å². The molecule has 7 heteroatoms. The summed E-state index contributed by atoms with van der Waals surface area (Å²) in [4.78, 5) is 39.5. The van der Waals surface area contributed by atoms with Crippen LogP contribution in [0.25, 0.3) is 0 Å². The fraction of sp³-hybridized carbons (Fsp3) is 0.944. The Morgan fingerprint density at radius 1 is 0.328 bits per heavy atom. The van der Waals surface area contributed by atoms with E-state index in [4.69, 9.17) is 0 Å². The van der Waals surface area contributed by atoms with Crippen LogP contribution in [0.15, 0.2) is 0 Å². The molecule has 0 aromatic heterocycles. The zero-order chi connectivity index (χ0) is 45.6. The van der Waals surface area contributed by atoms with E-state index in [1.54, 1.807) is 0 Å². The van der Waals surface area contributed by atoms with Gasteiger partial charge in [0.15, 0.2) is 5.60 Å². The molecule has 0 radical (unpaired) electrons. The van der Waals surface area contributed by atoms with Crippen LogP contribution in [0, 0.1) is 29.1 Å². The van der Waals surface area contributed by atoms with Gasteiger partial charge in [0, 0.05) is 0 Å². The summed E-state index contributed by atoms with van der Waals surface area (Å²) >= 11 is 0. The van der Waals surface area contributed by atoms with E-state index in [9.17, 15) is 34.8 Å². The third kappa shape index (κ3) is 29.4. The third-order valence-electron chi connectivity index (χ3n) is 13.8. The highest BCUT2D eigenvalue weighted by Crippen LogP contribution is 2.48. The van der Waals surface area contributed by atoms with Gasteiger partial charge in [-0.05, 0) is 37.0 Å². The Labute approximate surface area is 378 Å². The van der Waals surface area contributed by atoms with Crippen molar-refractivity contribution < 1.29 is 34.8 Å². The number of carboxylic acid groups (broad SMARTS) is 3. The molecule has 362 valence electrons. The van der Waals surface area contributed by atoms with Crippen LogP contribution in [0.1, 0.15) is 292 Å². The second-order valence-corrected chi connectivity index (χ2v) is 20.9. The van der Waals surface area contributed by atoms with Crippen LogP contribution in [-0.2, 0) is 14.4 Å². The lowest BCUT2D eigenvalue weighted by Gasteiger charge is -2.45. The van der Waals surface area contributed by atoms with Crippen molar-refractivity contribution in [2.45, 2.75) is 298 Å². The average molecular weight is 865 g/mol. The summed E-state index contributed by atoms with van der Waals surface area (Å²) < 4.78 is 0. The monoisotopic (exact) mass is 865 g/mol. The van der Waals surface area contributed by atoms with Crippen molar-refractivity contribution in [2.24, 2.45) is 29.1 Å². The molecular weight excluding hydrogens is 761 g/mol. The molecule has 0 fully saturated rings. The number of unbranched alkanes of at least 4 members (excludes halogenated alkanes) is 30. The predicted octanol–water partition coefficient (Wildman–Crippen LogP) is 16.8. The minimum atomic E-state index is -2.90. The van der Waals surface area contributed by atoms with Crippen molar-refractivity contribution in [2.75, 3.05) is 0 Å². The van der Waals surface area contributed by atoms with E-state index in [1.807, 2.05) is 0 Å². The quantitative estimate of drug-likeness (QED) is 0.0448. The first-order valence-corrected chi connectivity index (χ1v) is 26.6. The van der Waals surface area contributed by atoms with E-state index in [-0.39, 0.29) is 19.3 Å². The summed E-state index contributed by atoms with van der Waals surface area (Å²) in [5.74, 6) is -3.85. The molecule has 2 atom stereocenters. The van der Waals surface area contributed by atoms with Gasteiger partial charge in [-0.15, -0.1) is 0 Å². The fourth-order valence-corrected chi connectivity index (χ4v) is 9.71. The maximum absolute atomic E-state index is 13.4. The number of hydrogen-bond donors (Lipinski definition) is 4. The molecular formula is C54H104O7. The Kier molecular flexibility index (Phi) is 37.8. The minimum Gasteiger partial charge on any atom is -0.481 e. The van der Waals surface area contributed by atoms with Gasteiger partial charge in [-0.2, -0.15) is 0 Å². The molecule has 0 heterocycles. The molecule has 2 unspecified atom stereocenters. The van der Waals surface area contributed by atoms with Gasteiger partial charge in [0.25, 0.3) is 0 Å². The summed E-state index contributed by atoms with van der Waals surface area (Å²) in [6.45, 7) is 13.7. The highest BCUT2D eigenvalue weighted by atomic mass is 16.4. The molecule has 0 aliphatic rings. The second-order valence-electron chi connectivity index (χ2n) is 20.9. The van der Waals surface area contributed by atoms with Crippen LogP contribution in [-0.4, -0.2) is 43.9 Å². The van der Waals surface area contributed by atoms with E-state index in [2.05, 4.69) is 41.5 Å². The van der Waals surface area contributed by atoms with Crippen LogP contribution in [0.2, 0.25) is 0 Å². The van der Waals surface area contributed by atoms with Crippen molar-refractivity contribution in [1.29, 1.82) is 0 Å². The van der Waals surface area contributed by atoms with Gasteiger partial charge in [0.2, 0.25) is 0 Å². The average Bonchev–Trinajstić information content (AvgIpc) is 3.19. The van der Waals surface area contributed by atoms with Crippen molar-refractivity contribution in [3.8, 4) is 0 Å². The summed E-state index contributed by atoms with van der Waals surface area (Å²) in [6, 6.07) is 0. The third-order valence-corrected chi connectivity index (χ3v) is 13.8. The van der Waals surface area contributed by atoms with E-state index >= 15 is 0 Å². The van der Waals surface area contributed by atoms with E-state index in [1.165, 1.54) is 135 Å². The summed E-state index contributed by atoms with van der Waals surface area (Å²) in [5.41, 5.74) is -4.97. The van der Waals surface area contributed by atoms with Gasteiger partial charge >= 0.3 is 17.9 Å². The number of carboxylic acids is 3. The molecule has 0 saturated heterocycles. The molecule has 0 aromatic rings. The Morgan fingerprint density at radius 2 is 0.541 bits per heavy atom. The van der Waals surface area contributed by atoms with Crippen LogP contribution >= 0.6 is 0 Å². The molecule has 0 rings (SSSR count). The van der Waals surface area contributed by atoms with Gasteiger partial charge in [-0.1, -0.05) is 273 Å². The van der Waals surface area contributed by atoms with E-state index < -0.39 is 34.8 Å². The topological polar surface area (TPSA) is 132 Å². The molecule has 0 saturated carbocycles. The highest BCUT2D eigenvalue weighted by molar-refractivity contribution is 5.93. The molecule has 0 bridgehead atoms.